The van der Waals surface area contributed by atoms with E-state index in [0.29, 0.717) is 13.1 Å². The van der Waals surface area contributed by atoms with Gasteiger partial charge in [-0.05, 0) is 18.2 Å². The second-order valence-electron chi connectivity index (χ2n) is 5.91. The van der Waals surface area contributed by atoms with Crippen LogP contribution in [-0.2, 0) is 11.3 Å². The summed E-state index contributed by atoms with van der Waals surface area (Å²) in [6.07, 6.45) is 0. The number of carbonyl (C=O) groups excluding carboxylic acids is 1. The molecule has 2 N–H and O–H groups in total. The van der Waals surface area contributed by atoms with Crippen LogP contribution in [0.15, 0.2) is 36.4 Å². The van der Waals surface area contributed by atoms with E-state index < -0.39 is 0 Å². The molecule has 1 saturated heterocycles. The zero-order valence-corrected chi connectivity index (χ0v) is 16.9. The van der Waals surface area contributed by atoms with Gasteiger partial charge < -0.3 is 15.4 Å². The van der Waals surface area contributed by atoms with E-state index in [0.717, 1.165) is 40.2 Å². The van der Waals surface area contributed by atoms with Crippen LogP contribution < -0.4 is 15.4 Å². The quantitative estimate of drug-likeness (QED) is 0.760. The van der Waals surface area contributed by atoms with Crippen LogP contribution in [0.3, 0.4) is 0 Å². The lowest BCUT2D eigenvalue weighted by Crippen LogP contribution is -2.49. The summed E-state index contributed by atoms with van der Waals surface area (Å²) in [6, 6.07) is 11.9. The molecule has 1 unspecified atom stereocenters. The normalized spacial score (nSPS) is 17.4. The van der Waals surface area contributed by atoms with Gasteiger partial charge in [0.15, 0.2) is 0 Å². The van der Waals surface area contributed by atoms with Crippen molar-refractivity contribution < 1.29 is 9.53 Å². The van der Waals surface area contributed by atoms with Gasteiger partial charge in [-0.2, -0.15) is 0 Å². The highest BCUT2D eigenvalue weighted by atomic mass is 35.5. The highest BCUT2D eigenvalue weighted by Crippen LogP contribution is 2.29. The van der Waals surface area contributed by atoms with E-state index in [-0.39, 0.29) is 24.4 Å². The van der Waals surface area contributed by atoms with Crippen LogP contribution in [0.2, 0.25) is 4.34 Å². The standard InChI is InChI=1S/C18H22ClN3O2S.ClH/c1-24-16-5-3-2-4-14(16)15-11-20-8-9-22(15)12-18(23)21-10-13-6-7-17(19)25-13;/h2-7,15,20H,8-12H2,1H3,(H,21,23);1H. The van der Waals surface area contributed by atoms with Crippen LogP contribution in [0.1, 0.15) is 16.5 Å². The molecule has 1 amide bonds. The van der Waals surface area contributed by atoms with Gasteiger partial charge in [0.25, 0.3) is 0 Å². The molecule has 8 heteroatoms. The summed E-state index contributed by atoms with van der Waals surface area (Å²) in [4.78, 5) is 15.6. The largest absolute Gasteiger partial charge is 0.496 e. The maximum absolute atomic E-state index is 12.4. The SMILES string of the molecule is COc1ccccc1C1CNCCN1CC(=O)NCc1ccc(Cl)s1.Cl. The molecule has 26 heavy (non-hydrogen) atoms. The van der Waals surface area contributed by atoms with Crippen molar-refractivity contribution in [2.45, 2.75) is 12.6 Å². The fraction of sp³-hybridized carbons (Fsp3) is 0.389. The summed E-state index contributed by atoms with van der Waals surface area (Å²) in [6.45, 7) is 3.37. The molecule has 2 aromatic rings. The summed E-state index contributed by atoms with van der Waals surface area (Å²) in [5, 5.41) is 6.39. The van der Waals surface area contributed by atoms with Crippen molar-refractivity contribution in [3.05, 3.63) is 51.2 Å². The zero-order valence-electron chi connectivity index (χ0n) is 14.5. The predicted octanol–water partition coefficient (Wildman–Crippen LogP) is 3.09. The van der Waals surface area contributed by atoms with E-state index in [1.54, 1.807) is 7.11 Å². The Balaban J connectivity index is 0.00000243. The molecule has 0 spiro atoms. The van der Waals surface area contributed by atoms with Crippen molar-refractivity contribution in [3.63, 3.8) is 0 Å². The molecule has 0 aliphatic carbocycles. The van der Waals surface area contributed by atoms with Crippen molar-refractivity contribution in [2.24, 2.45) is 0 Å². The topological polar surface area (TPSA) is 53.6 Å². The number of nitrogens with one attached hydrogen (secondary N) is 2. The fourth-order valence-electron chi connectivity index (χ4n) is 3.06. The van der Waals surface area contributed by atoms with Gasteiger partial charge in [-0.25, -0.2) is 0 Å². The van der Waals surface area contributed by atoms with Crippen molar-refractivity contribution >= 4 is 41.3 Å². The molecule has 1 aliphatic heterocycles. The smallest absolute Gasteiger partial charge is 0.234 e. The highest BCUT2D eigenvalue weighted by Gasteiger charge is 2.27. The Morgan fingerprint density at radius 3 is 2.92 bits per heavy atom. The first-order valence-electron chi connectivity index (χ1n) is 8.26. The number of ether oxygens (including phenoxy) is 1. The number of carbonyl (C=O) groups is 1. The van der Waals surface area contributed by atoms with Gasteiger partial charge in [0.1, 0.15) is 5.75 Å². The molecule has 1 fully saturated rings. The predicted molar refractivity (Wildman–Crippen MR) is 109 cm³/mol. The molecule has 0 bridgehead atoms. The minimum Gasteiger partial charge on any atom is -0.496 e. The van der Waals surface area contributed by atoms with E-state index in [1.807, 2.05) is 30.3 Å². The second-order valence-corrected chi connectivity index (χ2v) is 7.71. The molecule has 3 rings (SSSR count). The van der Waals surface area contributed by atoms with Crippen molar-refractivity contribution in [2.75, 3.05) is 33.3 Å². The summed E-state index contributed by atoms with van der Waals surface area (Å²) in [5.74, 6) is 0.876. The van der Waals surface area contributed by atoms with Crippen LogP contribution in [-0.4, -0.2) is 44.1 Å². The number of hydrogen-bond donors (Lipinski definition) is 2. The molecular weight excluding hydrogens is 393 g/mol. The number of halogens is 2. The number of amides is 1. The average Bonchev–Trinajstić information content (AvgIpc) is 3.06. The van der Waals surface area contributed by atoms with Crippen LogP contribution in [0, 0.1) is 0 Å². The number of nitrogens with zero attached hydrogens (tertiary/aromatic N) is 1. The molecule has 1 aromatic carbocycles. The van der Waals surface area contributed by atoms with Crippen LogP contribution in [0.5, 0.6) is 5.75 Å². The van der Waals surface area contributed by atoms with Crippen molar-refractivity contribution in [3.8, 4) is 5.75 Å². The number of benzene rings is 1. The number of methoxy groups -OCH3 is 1. The lowest BCUT2D eigenvalue weighted by molar-refractivity contribution is -0.123. The van der Waals surface area contributed by atoms with Crippen LogP contribution in [0.4, 0.5) is 0 Å². The Hall–Kier alpha value is -1.31. The summed E-state index contributed by atoms with van der Waals surface area (Å²) >= 11 is 7.41. The summed E-state index contributed by atoms with van der Waals surface area (Å²) in [5.41, 5.74) is 1.11. The Morgan fingerprint density at radius 2 is 2.19 bits per heavy atom. The number of rotatable bonds is 6. The average molecular weight is 416 g/mol. The Labute approximate surface area is 169 Å². The minimum atomic E-state index is 0. The lowest BCUT2D eigenvalue weighted by Gasteiger charge is -2.36. The third-order valence-electron chi connectivity index (χ3n) is 4.29. The second kappa shape index (κ2) is 10.1. The van der Waals surface area contributed by atoms with E-state index in [4.69, 9.17) is 16.3 Å². The Morgan fingerprint density at radius 1 is 1.38 bits per heavy atom. The zero-order chi connectivity index (χ0) is 17.6. The Kier molecular flexibility index (Phi) is 8.18. The molecule has 1 aliphatic rings. The van der Waals surface area contributed by atoms with Gasteiger partial charge in [-0.1, -0.05) is 29.8 Å². The molecule has 2 heterocycles. The van der Waals surface area contributed by atoms with E-state index in [2.05, 4.69) is 21.6 Å². The monoisotopic (exact) mass is 415 g/mol. The van der Waals surface area contributed by atoms with Gasteiger partial charge in [-0.15, -0.1) is 23.7 Å². The van der Waals surface area contributed by atoms with Gasteiger partial charge >= 0.3 is 0 Å². The van der Waals surface area contributed by atoms with Gasteiger partial charge in [0, 0.05) is 30.1 Å². The molecule has 1 aromatic heterocycles. The maximum Gasteiger partial charge on any atom is 0.234 e. The lowest BCUT2D eigenvalue weighted by atomic mass is 10.0. The number of thiophene rings is 1. The maximum atomic E-state index is 12.4. The third-order valence-corrected chi connectivity index (χ3v) is 5.52. The molecule has 0 saturated carbocycles. The third kappa shape index (κ3) is 5.34. The fourth-order valence-corrected chi connectivity index (χ4v) is 4.08. The van der Waals surface area contributed by atoms with Crippen molar-refractivity contribution in [1.82, 2.24) is 15.5 Å². The van der Waals surface area contributed by atoms with Gasteiger partial charge in [0.05, 0.1) is 30.6 Å². The van der Waals surface area contributed by atoms with E-state index >= 15 is 0 Å². The van der Waals surface area contributed by atoms with Crippen molar-refractivity contribution in [1.29, 1.82) is 0 Å². The number of para-hydroxylation sites is 1. The van der Waals surface area contributed by atoms with E-state index in [9.17, 15) is 4.79 Å². The van der Waals surface area contributed by atoms with E-state index in [1.165, 1.54) is 11.3 Å². The first-order valence-corrected chi connectivity index (χ1v) is 9.45. The first-order chi connectivity index (χ1) is 12.2. The molecule has 0 radical (unpaired) electrons. The molecule has 1 atom stereocenters. The molecular formula is C18H23Cl2N3O2S. The van der Waals surface area contributed by atoms with Gasteiger partial charge in [0.2, 0.25) is 5.91 Å². The van der Waals surface area contributed by atoms with Gasteiger partial charge in [-0.3, -0.25) is 9.69 Å². The van der Waals surface area contributed by atoms with Crippen LogP contribution >= 0.6 is 35.3 Å². The van der Waals surface area contributed by atoms with Crippen LogP contribution in [0.25, 0.3) is 0 Å². The first kappa shape index (κ1) is 21.0. The summed E-state index contributed by atoms with van der Waals surface area (Å²) in [7, 11) is 1.68. The number of hydrogen-bond acceptors (Lipinski definition) is 5. The summed E-state index contributed by atoms with van der Waals surface area (Å²) < 4.78 is 6.23. The molecule has 5 nitrogen and oxygen atoms in total. The Bertz CT molecular complexity index is 726. The molecule has 142 valence electrons. The number of piperazine rings is 1. The highest BCUT2D eigenvalue weighted by molar-refractivity contribution is 7.16. The minimum absolute atomic E-state index is 0.